The van der Waals surface area contributed by atoms with Crippen LogP contribution in [0.3, 0.4) is 0 Å². The van der Waals surface area contributed by atoms with Crippen molar-refractivity contribution < 1.29 is 14.2 Å². The van der Waals surface area contributed by atoms with Crippen molar-refractivity contribution in [2.45, 2.75) is 25.5 Å². The van der Waals surface area contributed by atoms with Crippen LogP contribution in [0.5, 0.6) is 0 Å². The highest BCUT2D eigenvalue weighted by Gasteiger charge is 2.30. The molecule has 5 heteroatoms. The average Bonchev–Trinajstić information content (AvgIpc) is 2.97. The Morgan fingerprint density at radius 2 is 2.05 bits per heavy atom. The Bertz CT molecular complexity index is 489. The first kappa shape index (κ1) is 14.8. The molecule has 116 valence electrons. The van der Waals surface area contributed by atoms with Gasteiger partial charge in [0.15, 0.2) is 0 Å². The summed E-state index contributed by atoms with van der Waals surface area (Å²) in [6.07, 6.45) is 0.291. The van der Waals surface area contributed by atoms with E-state index < -0.39 is 6.10 Å². The van der Waals surface area contributed by atoms with E-state index in [1.807, 2.05) is 6.07 Å². The number of rotatable bonds is 3. The van der Waals surface area contributed by atoms with Crippen LogP contribution in [-0.4, -0.2) is 55.4 Å². The molecule has 0 saturated carbocycles. The van der Waals surface area contributed by atoms with Gasteiger partial charge in [0, 0.05) is 43.5 Å². The number of ether oxygens (including phenoxy) is 1. The molecule has 0 amide bonds. The third kappa shape index (κ3) is 3.05. The van der Waals surface area contributed by atoms with E-state index >= 15 is 0 Å². The third-order valence-corrected chi connectivity index (χ3v) is 4.51. The zero-order valence-corrected chi connectivity index (χ0v) is 12.5. The molecule has 0 spiro atoms. The summed E-state index contributed by atoms with van der Waals surface area (Å²) >= 11 is 0. The molecular weight excluding hydrogens is 271 g/mol. The topological polar surface area (TPSA) is 35.9 Å². The van der Waals surface area contributed by atoms with Gasteiger partial charge in [-0.1, -0.05) is 6.07 Å². The zero-order chi connectivity index (χ0) is 14.8. The summed E-state index contributed by atoms with van der Waals surface area (Å²) in [7, 11) is 0. The number of halogens is 1. The Kier molecular flexibility index (Phi) is 4.42. The molecule has 1 aromatic rings. The summed E-state index contributed by atoms with van der Waals surface area (Å²) in [4.78, 5) is 4.66. The number of nitrogens with zero attached hydrogens (tertiary/aromatic N) is 2. The van der Waals surface area contributed by atoms with E-state index in [2.05, 4.69) is 9.80 Å². The predicted octanol–water partition coefficient (Wildman–Crippen LogP) is 1.79. The van der Waals surface area contributed by atoms with Crippen LogP contribution in [0.15, 0.2) is 18.2 Å². The van der Waals surface area contributed by atoms with E-state index in [4.69, 9.17) is 4.74 Å². The molecule has 0 aliphatic carbocycles. The lowest BCUT2D eigenvalue weighted by molar-refractivity contribution is 0.0209. The Labute approximate surface area is 125 Å². The molecule has 4 nitrogen and oxygen atoms in total. The van der Waals surface area contributed by atoms with Crippen molar-refractivity contribution in [3.05, 3.63) is 29.6 Å². The molecular formula is C16H23FN2O2. The van der Waals surface area contributed by atoms with Crippen molar-refractivity contribution in [1.82, 2.24) is 4.90 Å². The summed E-state index contributed by atoms with van der Waals surface area (Å²) < 4.78 is 19.4. The van der Waals surface area contributed by atoms with E-state index in [0.717, 1.165) is 51.5 Å². The highest BCUT2D eigenvalue weighted by molar-refractivity contribution is 5.56. The molecule has 0 radical (unpaired) electrons. The van der Waals surface area contributed by atoms with Crippen molar-refractivity contribution >= 4 is 5.69 Å². The van der Waals surface area contributed by atoms with E-state index in [0.29, 0.717) is 11.6 Å². The second-order valence-electron chi connectivity index (χ2n) is 5.89. The van der Waals surface area contributed by atoms with Gasteiger partial charge in [-0.2, -0.15) is 0 Å². The second kappa shape index (κ2) is 6.30. The highest BCUT2D eigenvalue weighted by atomic mass is 19.1. The van der Waals surface area contributed by atoms with Gasteiger partial charge in [0.1, 0.15) is 5.82 Å². The largest absolute Gasteiger partial charge is 0.389 e. The SMILES string of the molecule is C[C@@H](O)c1c(F)cccc1N1CCC(N2CCOCC2)C1. The first-order valence-corrected chi connectivity index (χ1v) is 7.70. The lowest BCUT2D eigenvalue weighted by Gasteiger charge is -2.32. The second-order valence-corrected chi connectivity index (χ2v) is 5.89. The first-order valence-electron chi connectivity index (χ1n) is 7.70. The summed E-state index contributed by atoms with van der Waals surface area (Å²) in [5, 5.41) is 9.87. The van der Waals surface area contributed by atoms with Gasteiger partial charge >= 0.3 is 0 Å². The molecule has 2 fully saturated rings. The van der Waals surface area contributed by atoms with Crippen molar-refractivity contribution in [3.8, 4) is 0 Å². The van der Waals surface area contributed by atoms with Crippen molar-refractivity contribution in [2.75, 3.05) is 44.3 Å². The number of hydrogen-bond acceptors (Lipinski definition) is 4. The van der Waals surface area contributed by atoms with Gasteiger partial charge in [-0.05, 0) is 25.5 Å². The first-order chi connectivity index (χ1) is 10.2. The lowest BCUT2D eigenvalue weighted by atomic mass is 10.1. The Balaban J connectivity index is 1.75. The summed E-state index contributed by atoms with van der Waals surface area (Å²) in [5.74, 6) is -0.322. The fraction of sp³-hybridized carbons (Fsp3) is 0.625. The minimum absolute atomic E-state index is 0.322. The lowest BCUT2D eigenvalue weighted by Crippen LogP contribution is -2.44. The number of benzene rings is 1. The van der Waals surface area contributed by atoms with E-state index in [-0.39, 0.29) is 5.82 Å². The predicted molar refractivity (Wildman–Crippen MR) is 80.0 cm³/mol. The monoisotopic (exact) mass is 294 g/mol. The number of aliphatic hydroxyl groups is 1. The van der Waals surface area contributed by atoms with Crippen LogP contribution in [0.2, 0.25) is 0 Å². The summed E-state index contributed by atoms with van der Waals surface area (Å²) in [6, 6.07) is 5.55. The van der Waals surface area contributed by atoms with Gasteiger partial charge in [0.05, 0.1) is 19.3 Å². The molecule has 0 bridgehead atoms. The molecule has 2 atom stereocenters. The minimum atomic E-state index is -0.788. The molecule has 1 N–H and O–H groups in total. The van der Waals surface area contributed by atoms with Crippen LogP contribution in [0, 0.1) is 5.82 Å². The van der Waals surface area contributed by atoms with Crippen LogP contribution in [-0.2, 0) is 4.74 Å². The van der Waals surface area contributed by atoms with E-state index in [1.165, 1.54) is 6.07 Å². The smallest absolute Gasteiger partial charge is 0.131 e. The number of anilines is 1. The van der Waals surface area contributed by atoms with Crippen molar-refractivity contribution in [2.24, 2.45) is 0 Å². The summed E-state index contributed by atoms with van der Waals surface area (Å²) in [5.41, 5.74) is 1.25. The Morgan fingerprint density at radius 1 is 1.29 bits per heavy atom. The fourth-order valence-corrected chi connectivity index (χ4v) is 3.42. The molecule has 2 heterocycles. The normalized spacial score (nSPS) is 25.3. The maximum absolute atomic E-state index is 14.0. The van der Waals surface area contributed by atoms with Crippen LogP contribution >= 0.6 is 0 Å². The Morgan fingerprint density at radius 3 is 2.76 bits per heavy atom. The van der Waals surface area contributed by atoms with Gasteiger partial charge in [-0.25, -0.2) is 4.39 Å². The zero-order valence-electron chi connectivity index (χ0n) is 12.5. The number of morpholine rings is 1. The van der Waals surface area contributed by atoms with E-state index in [1.54, 1.807) is 13.0 Å². The molecule has 2 saturated heterocycles. The van der Waals surface area contributed by atoms with Gasteiger partial charge in [0.2, 0.25) is 0 Å². The molecule has 1 unspecified atom stereocenters. The maximum atomic E-state index is 14.0. The highest BCUT2D eigenvalue weighted by Crippen LogP contribution is 2.32. The molecule has 0 aromatic heterocycles. The fourth-order valence-electron chi connectivity index (χ4n) is 3.42. The molecule has 1 aromatic carbocycles. The van der Waals surface area contributed by atoms with Gasteiger partial charge in [0.25, 0.3) is 0 Å². The molecule has 2 aliphatic heterocycles. The van der Waals surface area contributed by atoms with Gasteiger partial charge in [-0.15, -0.1) is 0 Å². The third-order valence-electron chi connectivity index (χ3n) is 4.51. The molecule has 3 rings (SSSR count). The maximum Gasteiger partial charge on any atom is 0.131 e. The van der Waals surface area contributed by atoms with E-state index in [9.17, 15) is 9.50 Å². The standard InChI is InChI=1S/C16H23FN2O2/c1-12(20)16-14(17)3-2-4-15(16)19-6-5-13(11-19)18-7-9-21-10-8-18/h2-4,12-13,20H,5-11H2,1H3/t12-,13?/m1/s1. The number of aliphatic hydroxyl groups excluding tert-OH is 1. The minimum Gasteiger partial charge on any atom is -0.389 e. The van der Waals surface area contributed by atoms with Crippen molar-refractivity contribution in [3.63, 3.8) is 0 Å². The quantitative estimate of drug-likeness (QED) is 0.922. The van der Waals surface area contributed by atoms with Crippen LogP contribution < -0.4 is 4.90 Å². The average molecular weight is 294 g/mol. The van der Waals surface area contributed by atoms with Crippen LogP contribution in [0.25, 0.3) is 0 Å². The Hall–Kier alpha value is -1.17. The van der Waals surface area contributed by atoms with Crippen LogP contribution in [0.1, 0.15) is 25.0 Å². The molecule has 21 heavy (non-hydrogen) atoms. The van der Waals surface area contributed by atoms with Crippen molar-refractivity contribution in [1.29, 1.82) is 0 Å². The summed E-state index contributed by atoms with van der Waals surface area (Å²) in [6.45, 7) is 6.98. The van der Waals surface area contributed by atoms with Gasteiger partial charge < -0.3 is 14.7 Å². The number of hydrogen-bond donors (Lipinski definition) is 1. The van der Waals surface area contributed by atoms with Gasteiger partial charge in [-0.3, -0.25) is 4.90 Å². The van der Waals surface area contributed by atoms with Crippen LogP contribution in [0.4, 0.5) is 10.1 Å². The molecule has 2 aliphatic rings.